The van der Waals surface area contributed by atoms with Gasteiger partial charge in [0.15, 0.2) is 6.29 Å². The molecule has 7 nitrogen and oxygen atoms in total. The Hall–Kier alpha value is -2.88. The lowest BCUT2D eigenvalue weighted by Gasteiger charge is -2.36. The first-order valence-corrected chi connectivity index (χ1v) is 14.2. The minimum Gasteiger partial charge on any atom is -0.396 e. The van der Waals surface area contributed by atoms with Crippen LogP contribution in [0.2, 0.25) is 0 Å². The Kier molecular flexibility index (Phi) is 10.6. The summed E-state index contributed by atoms with van der Waals surface area (Å²) in [7, 11) is 0. The number of ether oxygens (including phenoxy) is 2. The van der Waals surface area contributed by atoms with Crippen molar-refractivity contribution in [3.8, 4) is 11.1 Å². The first-order valence-electron chi connectivity index (χ1n) is 13.0. The van der Waals surface area contributed by atoms with Crippen LogP contribution in [0.1, 0.15) is 48.0 Å². The van der Waals surface area contributed by atoms with Crippen LogP contribution in [-0.4, -0.2) is 47.0 Å². The molecule has 202 valence electrons. The lowest BCUT2D eigenvalue weighted by Crippen LogP contribution is -2.34. The van der Waals surface area contributed by atoms with Gasteiger partial charge in [-0.1, -0.05) is 72.8 Å². The van der Waals surface area contributed by atoms with Gasteiger partial charge in [0.2, 0.25) is 0 Å². The molecule has 2 amide bonds. The molecule has 3 aromatic carbocycles. The molecular formula is C30H36N2O5S. The van der Waals surface area contributed by atoms with Gasteiger partial charge in [0, 0.05) is 36.6 Å². The molecule has 38 heavy (non-hydrogen) atoms. The van der Waals surface area contributed by atoms with E-state index in [1.54, 1.807) is 11.8 Å². The molecule has 0 spiro atoms. The van der Waals surface area contributed by atoms with E-state index >= 15 is 0 Å². The zero-order valence-corrected chi connectivity index (χ0v) is 22.5. The van der Waals surface area contributed by atoms with Gasteiger partial charge in [0.25, 0.3) is 0 Å². The fraction of sp³-hybridized carbons (Fsp3) is 0.367. The van der Waals surface area contributed by atoms with Gasteiger partial charge in [-0.15, -0.1) is 0 Å². The van der Waals surface area contributed by atoms with Crippen LogP contribution >= 0.6 is 11.8 Å². The highest BCUT2D eigenvalue weighted by Crippen LogP contribution is 2.39. The van der Waals surface area contributed by atoms with E-state index in [1.165, 1.54) is 0 Å². The normalized spacial score (nSPS) is 19.2. The highest BCUT2D eigenvalue weighted by atomic mass is 32.2. The van der Waals surface area contributed by atoms with E-state index in [0.29, 0.717) is 18.8 Å². The standard InChI is InChI=1S/C30H36N2O5S/c1-2-31-30(35)32-18-25-5-3-4-6-27(25)22-11-13-24(14-12-22)29-36-26(20-38-16-15-33)17-28(37-29)23-9-7-21(19-34)8-10-23/h3-14,26,28-29,33-34H,2,15-20H2,1H3,(H2,31,32,35)/t26-,28+,29+/m1/s1. The van der Waals surface area contributed by atoms with E-state index < -0.39 is 6.29 Å². The average molecular weight is 537 g/mol. The van der Waals surface area contributed by atoms with Gasteiger partial charge >= 0.3 is 6.03 Å². The molecule has 1 saturated heterocycles. The Morgan fingerprint density at radius 1 is 0.947 bits per heavy atom. The number of aliphatic hydroxyl groups excluding tert-OH is 2. The number of urea groups is 1. The molecule has 3 aromatic rings. The van der Waals surface area contributed by atoms with Gasteiger partial charge in [0.1, 0.15) is 0 Å². The van der Waals surface area contributed by atoms with E-state index in [4.69, 9.17) is 9.47 Å². The van der Waals surface area contributed by atoms with E-state index in [9.17, 15) is 15.0 Å². The van der Waals surface area contributed by atoms with E-state index in [1.807, 2.05) is 61.5 Å². The minimum absolute atomic E-state index is 0.00937. The molecule has 3 atom stereocenters. The van der Waals surface area contributed by atoms with Crippen LogP contribution in [0.25, 0.3) is 11.1 Å². The quantitative estimate of drug-likeness (QED) is 0.259. The number of carbonyl (C=O) groups is 1. The van der Waals surface area contributed by atoms with Crippen LogP contribution in [0.5, 0.6) is 0 Å². The number of carbonyl (C=O) groups excluding carboxylic acids is 1. The van der Waals surface area contributed by atoms with Crippen LogP contribution < -0.4 is 10.6 Å². The molecule has 0 saturated carbocycles. The third-order valence-corrected chi connectivity index (χ3v) is 7.52. The lowest BCUT2D eigenvalue weighted by atomic mass is 9.98. The second-order valence-corrected chi connectivity index (χ2v) is 10.3. The molecule has 0 bridgehead atoms. The van der Waals surface area contributed by atoms with Crippen molar-refractivity contribution in [2.75, 3.05) is 24.7 Å². The first kappa shape index (κ1) is 28.1. The SMILES string of the molecule is CCNC(=O)NCc1ccccc1-c1ccc([C@H]2O[C@@H](CSCCO)C[C@@H](c3ccc(CO)cc3)O2)cc1. The summed E-state index contributed by atoms with van der Waals surface area (Å²) in [5.41, 5.74) is 5.98. The molecule has 0 radical (unpaired) electrons. The van der Waals surface area contributed by atoms with Crippen molar-refractivity contribution in [1.82, 2.24) is 10.6 Å². The Balaban J connectivity index is 1.51. The predicted molar refractivity (Wildman–Crippen MR) is 151 cm³/mol. The monoisotopic (exact) mass is 536 g/mol. The minimum atomic E-state index is -0.519. The summed E-state index contributed by atoms with van der Waals surface area (Å²) < 4.78 is 12.8. The van der Waals surface area contributed by atoms with Crippen LogP contribution in [0, 0.1) is 0 Å². The van der Waals surface area contributed by atoms with Crippen molar-refractivity contribution in [2.45, 2.75) is 45.0 Å². The van der Waals surface area contributed by atoms with Crippen molar-refractivity contribution in [1.29, 1.82) is 0 Å². The third-order valence-electron chi connectivity index (χ3n) is 6.44. The highest BCUT2D eigenvalue weighted by Gasteiger charge is 2.32. The molecule has 0 aromatic heterocycles. The summed E-state index contributed by atoms with van der Waals surface area (Å²) >= 11 is 1.67. The molecule has 1 aliphatic rings. The summed E-state index contributed by atoms with van der Waals surface area (Å²) in [4.78, 5) is 11.9. The molecule has 4 N–H and O–H groups in total. The van der Waals surface area contributed by atoms with Crippen LogP contribution in [0.3, 0.4) is 0 Å². The fourth-order valence-corrected chi connectivity index (χ4v) is 5.25. The summed E-state index contributed by atoms with van der Waals surface area (Å²) in [6, 6.07) is 23.9. The maximum atomic E-state index is 11.9. The Bertz CT molecular complexity index is 1160. The average Bonchev–Trinajstić information content (AvgIpc) is 2.96. The van der Waals surface area contributed by atoms with Crippen molar-refractivity contribution < 1.29 is 24.5 Å². The van der Waals surface area contributed by atoms with Crippen LogP contribution in [0.4, 0.5) is 4.79 Å². The molecule has 1 aliphatic heterocycles. The number of benzene rings is 3. The lowest BCUT2D eigenvalue weighted by molar-refractivity contribution is -0.245. The molecule has 0 aliphatic carbocycles. The maximum absolute atomic E-state index is 11.9. The smallest absolute Gasteiger partial charge is 0.315 e. The van der Waals surface area contributed by atoms with E-state index in [-0.39, 0.29) is 31.5 Å². The van der Waals surface area contributed by atoms with Crippen LogP contribution in [-0.2, 0) is 22.6 Å². The highest BCUT2D eigenvalue weighted by molar-refractivity contribution is 7.99. The topological polar surface area (TPSA) is 100 Å². The fourth-order valence-electron chi connectivity index (χ4n) is 4.48. The van der Waals surface area contributed by atoms with Gasteiger partial charge in [-0.3, -0.25) is 0 Å². The second kappa shape index (κ2) is 14.3. The Morgan fingerprint density at radius 3 is 2.39 bits per heavy atom. The maximum Gasteiger partial charge on any atom is 0.315 e. The Morgan fingerprint density at radius 2 is 1.68 bits per heavy atom. The van der Waals surface area contributed by atoms with E-state index in [0.717, 1.165) is 45.6 Å². The molecule has 4 rings (SSSR count). The number of rotatable bonds is 11. The molecule has 1 fully saturated rings. The number of hydrogen-bond acceptors (Lipinski definition) is 6. The zero-order chi connectivity index (χ0) is 26.7. The molecule has 0 unspecified atom stereocenters. The number of hydrogen-bond donors (Lipinski definition) is 4. The summed E-state index contributed by atoms with van der Waals surface area (Å²) in [5, 5.41) is 24.3. The van der Waals surface area contributed by atoms with Gasteiger partial charge in [-0.25, -0.2) is 4.79 Å². The molecule has 1 heterocycles. The summed E-state index contributed by atoms with van der Waals surface area (Å²) in [5.74, 6) is 1.44. The van der Waals surface area contributed by atoms with Crippen molar-refractivity contribution >= 4 is 17.8 Å². The van der Waals surface area contributed by atoms with Gasteiger partial charge < -0.3 is 30.3 Å². The summed E-state index contributed by atoms with van der Waals surface area (Å²) in [6.07, 6.45) is 0.0440. The molecule has 8 heteroatoms. The van der Waals surface area contributed by atoms with Crippen molar-refractivity contribution in [2.24, 2.45) is 0 Å². The van der Waals surface area contributed by atoms with Gasteiger partial charge in [-0.2, -0.15) is 11.8 Å². The third kappa shape index (κ3) is 7.58. The Labute approximate surface area is 228 Å². The van der Waals surface area contributed by atoms with Crippen LogP contribution in [0.15, 0.2) is 72.8 Å². The predicted octanol–water partition coefficient (Wildman–Crippen LogP) is 4.94. The largest absolute Gasteiger partial charge is 0.396 e. The van der Waals surface area contributed by atoms with Gasteiger partial charge in [0.05, 0.1) is 25.4 Å². The van der Waals surface area contributed by atoms with Crippen molar-refractivity contribution in [3.63, 3.8) is 0 Å². The summed E-state index contributed by atoms with van der Waals surface area (Å²) in [6.45, 7) is 3.05. The van der Waals surface area contributed by atoms with E-state index in [2.05, 4.69) is 28.8 Å². The molecular weight excluding hydrogens is 500 g/mol. The number of nitrogens with one attached hydrogen (secondary N) is 2. The number of thioether (sulfide) groups is 1. The van der Waals surface area contributed by atoms with Crippen molar-refractivity contribution in [3.05, 3.63) is 95.1 Å². The number of amides is 2. The van der Waals surface area contributed by atoms with Gasteiger partial charge in [-0.05, 0) is 34.7 Å². The zero-order valence-electron chi connectivity index (χ0n) is 21.6. The number of aliphatic hydroxyl groups is 2. The second-order valence-electron chi connectivity index (χ2n) is 9.14. The first-order chi connectivity index (χ1) is 18.6.